The smallest absolute Gasteiger partial charge is 0.416 e. The van der Waals surface area contributed by atoms with Crippen molar-refractivity contribution in [3.63, 3.8) is 0 Å². The molecule has 0 spiro atoms. The molecule has 0 fully saturated rings. The third-order valence-corrected chi connectivity index (χ3v) is 4.06. The van der Waals surface area contributed by atoms with Crippen LogP contribution in [-0.2, 0) is 28.6 Å². The van der Waals surface area contributed by atoms with E-state index >= 15 is 0 Å². The normalized spacial score (nSPS) is 12.2. The van der Waals surface area contributed by atoms with E-state index < -0.39 is 34.6 Å². The SMILES string of the molecule is O=C(O)CC(Cc1ccc([N+](=O)[O-])cc1)NC(=O)Cc1ccc(C(F)(F)F)cc1. The highest BCUT2D eigenvalue weighted by Crippen LogP contribution is 2.29. The topological polar surface area (TPSA) is 110 Å². The molecule has 2 rings (SSSR count). The molecule has 2 aromatic rings. The van der Waals surface area contributed by atoms with Crippen LogP contribution < -0.4 is 5.32 Å². The van der Waals surface area contributed by atoms with Gasteiger partial charge in [0, 0.05) is 18.2 Å². The Labute approximate surface area is 163 Å². The fourth-order valence-electron chi connectivity index (χ4n) is 2.70. The number of rotatable bonds is 8. The van der Waals surface area contributed by atoms with Gasteiger partial charge in [-0.25, -0.2) is 0 Å². The highest BCUT2D eigenvalue weighted by atomic mass is 19.4. The highest BCUT2D eigenvalue weighted by Gasteiger charge is 2.30. The van der Waals surface area contributed by atoms with Crippen molar-refractivity contribution >= 4 is 17.6 Å². The van der Waals surface area contributed by atoms with Gasteiger partial charge in [0.05, 0.1) is 23.3 Å². The first-order chi connectivity index (χ1) is 13.5. The second-order valence-corrected chi connectivity index (χ2v) is 6.36. The number of carboxylic acids is 1. The van der Waals surface area contributed by atoms with Crippen molar-refractivity contribution in [3.05, 3.63) is 75.3 Å². The molecule has 0 bridgehead atoms. The van der Waals surface area contributed by atoms with Gasteiger partial charge in [0.25, 0.3) is 5.69 Å². The van der Waals surface area contributed by atoms with Crippen molar-refractivity contribution in [2.45, 2.75) is 31.5 Å². The zero-order chi connectivity index (χ0) is 21.6. The number of nitro groups is 1. The number of amides is 1. The quantitative estimate of drug-likeness (QED) is 0.512. The number of carboxylic acid groups (broad SMARTS) is 1. The first-order valence-corrected chi connectivity index (χ1v) is 8.45. The number of alkyl halides is 3. The van der Waals surface area contributed by atoms with E-state index in [9.17, 15) is 32.9 Å². The standard InChI is InChI=1S/C19H17F3N2O5/c20-19(21,22)14-5-1-13(2-6-14)10-17(25)23-15(11-18(26)27)9-12-3-7-16(8-4-12)24(28)29/h1-8,15H,9-11H2,(H,23,25)(H,26,27). The fraction of sp³-hybridized carbons (Fsp3) is 0.263. The van der Waals surface area contributed by atoms with Crippen LogP contribution in [0.25, 0.3) is 0 Å². The van der Waals surface area contributed by atoms with Crippen molar-refractivity contribution in [2.24, 2.45) is 0 Å². The Hall–Kier alpha value is -3.43. The molecule has 1 atom stereocenters. The van der Waals surface area contributed by atoms with Gasteiger partial charge in [0.2, 0.25) is 5.91 Å². The summed E-state index contributed by atoms with van der Waals surface area (Å²) in [4.78, 5) is 33.4. The molecule has 0 aliphatic rings. The molecule has 1 amide bonds. The maximum absolute atomic E-state index is 12.6. The Morgan fingerprint density at radius 3 is 2.07 bits per heavy atom. The lowest BCUT2D eigenvalue weighted by molar-refractivity contribution is -0.384. The van der Waals surface area contributed by atoms with Crippen LogP contribution in [0.2, 0.25) is 0 Å². The molecule has 2 N–H and O–H groups in total. The number of non-ortho nitro benzene ring substituents is 1. The Balaban J connectivity index is 2.02. The average molecular weight is 410 g/mol. The minimum absolute atomic E-state index is 0.116. The number of carbonyl (C=O) groups excluding carboxylic acids is 1. The molecule has 1 unspecified atom stereocenters. The van der Waals surface area contributed by atoms with Gasteiger partial charge in [-0.15, -0.1) is 0 Å². The van der Waals surface area contributed by atoms with Gasteiger partial charge >= 0.3 is 12.1 Å². The van der Waals surface area contributed by atoms with Crippen molar-refractivity contribution in [3.8, 4) is 0 Å². The molecule has 10 heteroatoms. The minimum atomic E-state index is -4.47. The molecular weight excluding hydrogens is 393 g/mol. The Kier molecular flexibility index (Phi) is 6.92. The van der Waals surface area contributed by atoms with Gasteiger partial charge in [-0.2, -0.15) is 13.2 Å². The van der Waals surface area contributed by atoms with Crippen molar-refractivity contribution in [1.82, 2.24) is 5.32 Å². The summed E-state index contributed by atoms with van der Waals surface area (Å²) in [7, 11) is 0. The lowest BCUT2D eigenvalue weighted by atomic mass is 10.0. The molecule has 2 aromatic carbocycles. The van der Waals surface area contributed by atoms with E-state index in [1.54, 1.807) is 0 Å². The van der Waals surface area contributed by atoms with E-state index in [0.29, 0.717) is 11.1 Å². The molecule has 0 radical (unpaired) electrons. The van der Waals surface area contributed by atoms with Crippen LogP contribution in [0.4, 0.5) is 18.9 Å². The van der Waals surface area contributed by atoms with Crippen molar-refractivity contribution in [1.29, 1.82) is 0 Å². The Morgan fingerprint density at radius 1 is 1.03 bits per heavy atom. The maximum atomic E-state index is 12.6. The number of nitro benzene ring substituents is 1. The largest absolute Gasteiger partial charge is 0.481 e. The van der Waals surface area contributed by atoms with Gasteiger partial charge in [-0.3, -0.25) is 19.7 Å². The first kappa shape index (κ1) is 21.9. The van der Waals surface area contributed by atoms with Gasteiger partial charge in [0.15, 0.2) is 0 Å². The highest BCUT2D eigenvalue weighted by molar-refractivity contribution is 5.79. The molecule has 29 heavy (non-hydrogen) atoms. The van der Waals surface area contributed by atoms with E-state index in [1.807, 2.05) is 0 Å². The van der Waals surface area contributed by atoms with Gasteiger partial charge in [-0.05, 0) is 29.7 Å². The van der Waals surface area contributed by atoms with Crippen LogP contribution in [0.3, 0.4) is 0 Å². The predicted octanol–water partition coefficient (Wildman–Crippen LogP) is 3.36. The number of hydrogen-bond donors (Lipinski definition) is 2. The molecule has 0 aliphatic carbocycles. The zero-order valence-corrected chi connectivity index (χ0v) is 15.0. The predicted molar refractivity (Wildman–Crippen MR) is 96.1 cm³/mol. The van der Waals surface area contributed by atoms with Crippen molar-refractivity contribution < 1.29 is 32.8 Å². The molecule has 0 saturated heterocycles. The van der Waals surface area contributed by atoms with Crippen LogP contribution in [0.1, 0.15) is 23.1 Å². The molecule has 0 saturated carbocycles. The lowest BCUT2D eigenvalue weighted by Crippen LogP contribution is -2.39. The van der Waals surface area contributed by atoms with Gasteiger partial charge in [0.1, 0.15) is 0 Å². The number of nitrogens with one attached hydrogen (secondary N) is 1. The van der Waals surface area contributed by atoms with Crippen LogP contribution in [0.5, 0.6) is 0 Å². The summed E-state index contributed by atoms with van der Waals surface area (Å²) in [6, 6.07) is 8.81. The molecule has 7 nitrogen and oxygen atoms in total. The number of nitrogens with zero attached hydrogens (tertiary/aromatic N) is 1. The molecule has 0 heterocycles. The summed E-state index contributed by atoms with van der Waals surface area (Å²) in [5.74, 6) is -1.69. The fourth-order valence-corrected chi connectivity index (χ4v) is 2.70. The van der Waals surface area contributed by atoms with E-state index in [-0.39, 0.29) is 24.9 Å². The summed E-state index contributed by atoms with van der Waals surface area (Å²) >= 11 is 0. The van der Waals surface area contributed by atoms with E-state index in [2.05, 4.69) is 5.32 Å². The first-order valence-electron chi connectivity index (χ1n) is 8.45. The molecule has 0 aromatic heterocycles. The van der Waals surface area contributed by atoms with Gasteiger partial charge in [-0.1, -0.05) is 24.3 Å². The lowest BCUT2D eigenvalue weighted by Gasteiger charge is -2.17. The number of carbonyl (C=O) groups is 2. The Bertz CT molecular complexity index is 880. The summed E-state index contributed by atoms with van der Waals surface area (Å²) in [6.45, 7) is 0. The number of halogens is 3. The van der Waals surface area contributed by atoms with Crippen molar-refractivity contribution in [2.75, 3.05) is 0 Å². The van der Waals surface area contributed by atoms with Crippen LogP contribution in [-0.4, -0.2) is 27.9 Å². The van der Waals surface area contributed by atoms with Crippen LogP contribution in [0, 0.1) is 10.1 Å². The summed E-state index contributed by atoms with van der Waals surface area (Å²) in [5, 5.41) is 22.3. The maximum Gasteiger partial charge on any atom is 0.416 e. The minimum Gasteiger partial charge on any atom is -0.481 e. The second-order valence-electron chi connectivity index (χ2n) is 6.36. The van der Waals surface area contributed by atoms with E-state index in [0.717, 1.165) is 12.1 Å². The van der Waals surface area contributed by atoms with Crippen LogP contribution in [0.15, 0.2) is 48.5 Å². The summed E-state index contributed by atoms with van der Waals surface area (Å²) in [6.07, 6.45) is -4.94. The van der Waals surface area contributed by atoms with E-state index in [4.69, 9.17) is 5.11 Å². The van der Waals surface area contributed by atoms with Crippen LogP contribution >= 0.6 is 0 Å². The third-order valence-electron chi connectivity index (χ3n) is 4.06. The zero-order valence-electron chi connectivity index (χ0n) is 15.0. The number of hydrogen-bond acceptors (Lipinski definition) is 4. The third kappa shape index (κ3) is 6.91. The number of benzene rings is 2. The average Bonchev–Trinajstić information content (AvgIpc) is 2.61. The van der Waals surface area contributed by atoms with E-state index in [1.165, 1.54) is 36.4 Å². The summed E-state index contributed by atoms with van der Waals surface area (Å²) in [5.41, 5.74) is -0.00459. The second kappa shape index (κ2) is 9.18. The molecular formula is C19H17F3N2O5. The van der Waals surface area contributed by atoms with Gasteiger partial charge < -0.3 is 10.4 Å². The molecule has 154 valence electrons. The molecule has 0 aliphatic heterocycles. The Morgan fingerprint density at radius 2 is 1.59 bits per heavy atom. The monoisotopic (exact) mass is 410 g/mol. The number of aliphatic carboxylic acids is 1. The summed E-state index contributed by atoms with van der Waals surface area (Å²) < 4.78 is 37.7.